The van der Waals surface area contributed by atoms with Crippen LogP contribution in [0.5, 0.6) is 0 Å². The van der Waals surface area contributed by atoms with Gasteiger partial charge in [-0.15, -0.1) is 0 Å². The van der Waals surface area contributed by atoms with Gasteiger partial charge in [0, 0.05) is 16.0 Å². The Morgan fingerprint density at radius 1 is 1.07 bits per heavy atom. The highest BCUT2D eigenvalue weighted by Gasteiger charge is 2.17. The van der Waals surface area contributed by atoms with Crippen LogP contribution in [0.1, 0.15) is 16.1 Å². The standard InChI is InChI=1S/C20H15ClN4O2/c1-13-17-11-22-25(16-5-3-2-4-6-16)19(17)20(27)24(23-13)12-18(26)14-7-9-15(21)10-8-14/h2-11H,12H2,1H3. The lowest BCUT2D eigenvalue weighted by Gasteiger charge is -2.08. The molecule has 0 N–H and O–H groups in total. The Labute approximate surface area is 159 Å². The minimum Gasteiger partial charge on any atom is -0.292 e. The topological polar surface area (TPSA) is 69.8 Å². The first-order valence-electron chi connectivity index (χ1n) is 8.34. The molecule has 0 unspecified atom stereocenters. The zero-order valence-electron chi connectivity index (χ0n) is 14.5. The Morgan fingerprint density at radius 2 is 1.78 bits per heavy atom. The van der Waals surface area contributed by atoms with Gasteiger partial charge >= 0.3 is 0 Å². The number of ketones is 1. The lowest BCUT2D eigenvalue weighted by Crippen LogP contribution is -2.28. The molecule has 6 nitrogen and oxygen atoms in total. The first-order chi connectivity index (χ1) is 13.0. The van der Waals surface area contributed by atoms with Gasteiger partial charge < -0.3 is 0 Å². The van der Waals surface area contributed by atoms with Gasteiger partial charge in [-0.1, -0.05) is 29.8 Å². The summed E-state index contributed by atoms with van der Waals surface area (Å²) in [7, 11) is 0. The molecule has 0 fully saturated rings. The maximum atomic E-state index is 13.0. The van der Waals surface area contributed by atoms with Gasteiger partial charge in [0.25, 0.3) is 5.56 Å². The molecule has 7 heteroatoms. The van der Waals surface area contributed by atoms with Crippen molar-refractivity contribution in [2.75, 3.05) is 0 Å². The number of nitrogens with zero attached hydrogens (tertiary/aromatic N) is 4. The lowest BCUT2D eigenvalue weighted by atomic mass is 10.1. The third-order valence-electron chi connectivity index (χ3n) is 4.33. The fraction of sp³-hybridized carbons (Fsp3) is 0.100. The smallest absolute Gasteiger partial charge is 0.292 e. The van der Waals surface area contributed by atoms with Crippen molar-refractivity contribution in [3.05, 3.63) is 87.4 Å². The van der Waals surface area contributed by atoms with Crippen LogP contribution in [0.2, 0.25) is 5.02 Å². The van der Waals surface area contributed by atoms with Gasteiger partial charge in [-0.05, 0) is 43.3 Å². The van der Waals surface area contributed by atoms with Gasteiger partial charge in [-0.25, -0.2) is 9.36 Å². The molecule has 0 aliphatic heterocycles. The minimum absolute atomic E-state index is 0.156. The molecule has 0 atom stereocenters. The van der Waals surface area contributed by atoms with Crippen LogP contribution in [0.3, 0.4) is 0 Å². The summed E-state index contributed by atoms with van der Waals surface area (Å²) in [6, 6.07) is 15.9. The molecule has 0 saturated carbocycles. The second kappa shape index (κ2) is 6.81. The van der Waals surface area contributed by atoms with Crippen molar-refractivity contribution in [2.45, 2.75) is 13.5 Å². The van der Waals surface area contributed by atoms with Crippen molar-refractivity contribution in [1.29, 1.82) is 0 Å². The number of Topliss-reactive ketones (excluding diaryl/α,β-unsaturated/α-hetero) is 1. The summed E-state index contributed by atoms with van der Waals surface area (Å²) in [5, 5.41) is 9.85. The molecule has 4 aromatic rings. The van der Waals surface area contributed by atoms with Crippen LogP contribution in [0.15, 0.2) is 65.6 Å². The Kier molecular flexibility index (Phi) is 4.33. The number of fused-ring (bicyclic) bond motifs is 1. The van der Waals surface area contributed by atoms with Crippen molar-refractivity contribution in [3.8, 4) is 5.69 Å². The molecule has 27 heavy (non-hydrogen) atoms. The molecule has 0 bridgehead atoms. The fourth-order valence-corrected chi connectivity index (χ4v) is 3.08. The van der Waals surface area contributed by atoms with Gasteiger partial charge in [0.15, 0.2) is 5.78 Å². The Hall–Kier alpha value is -3.25. The highest BCUT2D eigenvalue weighted by Crippen LogP contribution is 2.17. The molecule has 2 aromatic carbocycles. The third kappa shape index (κ3) is 3.15. The summed E-state index contributed by atoms with van der Waals surface area (Å²) in [6.45, 7) is 1.64. The first-order valence-corrected chi connectivity index (χ1v) is 8.72. The van der Waals surface area contributed by atoms with Gasteiger partial charge in [0.2, 0.25) is 0 Å². The minimum atomic E-state index is -0.362. The summed E-state index contributed by atoms with van der Waals surface area (Å²) in [5.74, 6) is -0.217. The number of carbonyl (C=O) groups excluding carboxylic acids is 1. The average molecular weight is 379 g/mol. The highest BCUT2D eigenvalue weighted by atomic mass is 35.5. The van der Waals surface area contributed by atoms with Gasteiger partial charge in [-0.3, -0.25) is 9.59 Å². The van der Waals surface area contributed by atoms with Gasteiger partial charge in [0.05, 0.1) is 17.6 Å². The van der Waals surface area contributed by atoms with Crippen LogP contribution >= 0.6 is 11.6 Å². The Morgan fingerprint density at radius 3 is 2.48 bits per heavy atom. The molecule has 0 spiro atoms. The molecular formula is C20H15ClN4O2. The largest absolute Gasteiger partial charge is 0.293 e. The van der Waals surface area contributed by atoms with Gasteiger partial charge in [-0.2, -0.15) is 10.2 Å². The molecular weight excluding hydrogens is 364 g/mol. The van der Waals surface area contributed by atoms with Crippen molar-refractivity contribution in [2.24, 2.45) is 0 Å². The fourth-order valence-electron chi connectivity index (χ4n) is 2.96. The summed E-state index contributed by atoms with van der Waals surface area (Å²) in [4.78, 5) is 25.6. The Balaban J connectivity index is 1.80. The molecule has 134 valence electrons. The SMILES string of the molecule is Cc1nn(CC(=O)c2ccc(Cl)cc2)c(=O)c2c1cnn2-c1ccccc1. The van der Waals surface area contributed by atoms with Crippen LogP contribution in [0.4, 0.5) is 0 Å². The predicted molar refractivity (Wildman–Crippen MR) is 104 cm³/mol. The van der Waals surface area contributed by atoms with Crippen LogP contribution in [-0.4, -0.2) is 25.3 Å². The maximum Gasteiger partial charge on any atom is 0.293 e. The number of rotatable bonds is 4. The van der Waals surface area contributed by atoms with Gasteiger partial charge in [0.1, 0.15) is 12.1 Å². The first kappa shape index (κ1) is 17.2. The summed E-state index contributed by atoms with van der Waals surface area (Å²) < 4.78 is 2.77. The van der Waals surface area contributed by atoms with E-state index in [-0.39, 0.29) is 17.9 Å². The number of halogens is 1. The second-order valence-electron chi connectivity index (χ2n) is 6.13. The third-order valence-corrected chi connectivity index (χ3v) is 4.58. The van der Waals surface area contributed by atoms with Crippen LogP contribution in [0.25, 0.3) is 16.6 Å². The molecule has 2 heterocycles. The molecule has 0 aliphatic rings. The van der Waals surface area contributed by atoms with E-state index < -0.39 is 0 Å². The van der Waals surface area contributed by atoms with E-state index in [1.165, 1.54) is 4.68 Å². The second-order valence-corrected chi connectivity index (χ2v) is 6.57. The quantitative estimate of drug-likeness (QED) is 0.510. The van der Waals surface area contributed by atoms with Crippen molar-refractivity contribution < 1.29 is 4.79 Å². The average Bonchev–Trinajstić information content (AvgIpc) is 3.13. The maximum absolute atomic E-state index is 13.0. The van der Waals surface area contributed by atoms with E-state index in [1.54, 1.807) is 42.1 Å². The van der Waals surface area contributed by atoms with E-state index in [9.17, 15) is 9.59 Å². The van der Waals surface area contributed by atoms with E-state index in [4.69, 9.17) is 11.6 Å². The van der Waals surface area contributed by atoms with E-state index in [0.29, 0.717) is 27.2 Å². The van der Waals surface area contributed by atoms with E-state index in [0.717, 1.165) is 5.69 Å². The normalized spacial score (nSPS) is 11.0. The van der Waals surface area contributed by atoms with Crippen LogP contribution in [0, 0.1) is 6.92 Å². The van der Waals surface area contributed by atoms with Crippen molar-refractivity contribution in [3.63, 3.8) is 0 Å². The van der Waals surface area contributed by atoms with E-state index in [2.05, 4.69) is 10.2 Å². The molecule has 0 radical (unpaired) electrons. The molecule has 2 aromatic heterocycles. The lowest BCUT2D eigenvalue weighted by molar-refractivity contribution is 0.0966. The van der Waals surface area contributed by atoms with E-state index in [1.807, 2.05) is 30.3 Å². The van der Waals surface area contributed by atoms with E-state index >= 15 is 0 Å². The molecule has 4 rings (SSSR count). The molecule has 0 amide bonds. The predicted octanol–water partition coefficient (Wildman–Crippen LogP) is 3.43. The van der Waals surface area contributed by atoms with Crippen molar-refractivity contribution in [1.82, 2.24) is 19.6 Å². The zero-order valence-corrected chi connectivity index (χ0v) is 15.2. The van der Waals surface area contributed by atoms with Crippen LogP contribution in [-0.2, 0) is 6.54 Å². The Bertz CT molecular complexity index is 1190. The highest BCUT2D eigenvalue weighted by molar-refractivity contribution is 6.30. The summed E-state index contributed by atoms with van der Waals surface area (Å²) in [6.07, 6.45) is 1.62. The number of benzene rings is 2. The zero-order chi connectivity index (χ0) is 19.0. The molecule has 0 saturated heterocycles. The number of aryl methyl sites for hydroxylation is 1. The van der Waals surface area contributed by atoms with Crippen LogP contribution < -0.4 is 5.56 Å². The summed E-state index contributed by atoms with van der Waals surface area (Å²) >= 11 is 5.86. The number of para-hydroxylation sites is 1. The number of carbonyl (C=O) groups is 1. The number of hydrogen-bond donors (Lipinski definition) is 0. The monoisotopic (exact) mass is 378 g/mol. The number of hydrogen-bond acceptors (Lipinski definition) is 4. The van der Waals surface area contributed by atoms with Crippen molar-refractivity contribution >= 4 is 28.3 Å². The molecule has 0 aliphatic carbocycles. The number of aromatic nitrogens is 4. The summed E-state index contributed by atoms with van der Waals surface area (Å²) in [5.41, 5.74) is 1.92.